The van der Waals surface area contributed by atoms with Crippen molar-refractivity contribution in [2.45, 2.75) is 0 Å². The van der Waals surface area contributed by atoms with Crippen LogP contribution in [0.5, 0.6) is 0 Å². The van der Waals surface area contributed by atoms with Crippen LogP contribution in [0.2, 0.25) is 0 Å². The summed E-state index contributed by atoms with van der Waals surface area (Å²) < 4.78 is 2.46. The monoisotopic (exact) mass is 674 g/mol. The molecule has 246 valence electrons. The molecule has 0 aliphatic carbocycles. The van der Waals surface area contributed by atoms with E-state index in [1.807, 2.05) is 36.4 Å². The summed E-state index contributed by atoms with van der Waals surface area (Å²) in [6.45, 7) is 0. The summed E-state index contributed by atoms with van der Waals surface area (Å²) in [5.74, 6) is 1.94. The molecule has 0 amide bonds. The van der Waals surface area contributed by atoms with E-state index in [1.165, 1.54) is 59.5 Å². The molecule has 0 spiro atoms. The average Bonchev–Trinajstić information content (AvgIpc) is 3.58. The maximum atomic E-state index is 5.10. The molecule has 4 nitrogen and oxygen atoms in total. The van der Waals surface area contributed by atoms with Crippen molar-refractivity contribution in [3.63, 3.8) is 0 Å². The molecule has 0 atom stereocenters. The van der Waals surface area contributed by atoms with E-state index in [1.54, 1.807) is 0 Å². The molecule has 0 bridgehead atoms. The third-order valence-electron chi connectivity index (χ3n) is 10.6. The molecule has 0 unspecified atom stereocenters. The number of rotatable bonds is 4. The van der Waals surface area contributed by atoms with E-state index in [0.29, 0.717) is 17.5 Å². The lowest BCUT2D eigenvalue weighted by atomic mass is 9.92. The highest BCUT2D eigenvalue weighted by Crippen LogP contribution is 2.43. The van der Waals surface area contributed by atoms with Gasteiger partial charge >= 0.3 is 0 Å². The van der Waals surface area contributed by atoms with Crippen molar-refractivity contribution in [2.75, 3.05) is 0 Å². The summed E-state index contributed by atoms with van der Waals surface area (Å²) in [5, 5.41) is 12.2. The largest absolute Gasteiger partial charge is 0.309 e. The molecule has 53 heavy (non-hydrogen) atoms. The van der Waals surface area contributed by atoms with Crippen LogP contribution in [0.15, 0.2) is 182 Å². The van der Waals surface area contributed by atoms with Gasteiger partial charge in [0, 0.05) is 32.8 Å². The van der Waals surface area contributed by atoms with Gasteiger partial charge in [0.25, 0.3) is 0 Å². The van der Waals surface area contributed by atoms with Crippen LogP contribution in [-0.4, -0.2) is 19.5 Å². The highest BCUT2D eigenvalue weighted by Gasteiger charge is 2.20. The molecule has 9 aromatic carbocycles. The molecular weight excluding hydrogens is 645 g/mol. The summed E-state index contributed by atoms with van der Waals surface area (Å²) in [6.07, 6.45) is 0. The lowest BCUT2D eigenvalue weighted by Crippen LogP contribution is -2.00. The van der Waals surface area contributed by atoms with Gasteiger partial charge in [-0.1, -0.05) is 158 Å². The number of hydrogen-bond donors (Lipinski definition) is 0. The highest BCUT2D eigenvalue weighted by atomic mass is 15.0. The second-order valence-electron chi connectivity index (χ2n) is 13.6. The van der Waals surface area contributed by atoms with Crippen molar-refractivity contribution in [1.29, 1.82) is 0 Å². The van der Waals surface area contributed by atoms with E-state index in [0.717, 1.165) is 27.8 Å². The normalized spacial score (nSPS) is 11.8. The van der Waals surface area contributed by atoms with Gasteiger partial charge in [-0.25, -0.2) is 15.0 Å². The van der Waals surface area contributed by atoms with Gasteiger partial charge in [0.1, 0.15) is 0 Å². The zero-order valence-electron chi connectivity index (χ0n) is 28.6. The predicted octanol–water partition coefficient (Wildman–Crippen LogP) is 12.6. The Morgan fingerprint density at radius 3 is 1.57 bits per heavy atom. The fraction of sp³-hybridized carbons (Fsp3) is 0. The molecule has 0 aliphatic heterocycles. The number of fused-ring (bicyclic) bond motifs is 11. The van der Waals surface area contributed by atoms with Crippen LogP contribution in [0, 0.1) is 0 Å². The molecule has 11 rings (SSSR count). The molecule has 11 aromatic rings. The van der Waals surface area contributed by atoms with Gasteiger partial charge in [0.2, 0.25) is 0 Å². The van der Waals surface area contributed by atoms with Gasteiger partial charge < -0.3 is 4.57 Å². The summed E-state index contributed by atoms with van der Waals surface area (Å²) >= 11 is 0. The maximum absolute atomic E-state index is 5.10. The molecule has 0 radical (unpaired) electrons. The molecule has 0 saturated heterocycles. The summed E-state index contributed by atoms with van der Waals surface area (Å²) in [4.78, 5) is 15.2. The third-order valence-corrected chi connectivity index (χ3v) is 10.6. The minimum Gasteiger partial charge on any atom is -0.309 e. The van der Waals surface area contributed by atoms with Gasteiger partial charge in [0.15, 0.2) is 17.5 Å². The smallest absolute Gasteiger partial charge is 0.164 e. The first-order valence-electron chi connectivity index (χ1n) is 18.0. The molecule has 0 saturated carbocycles. The van der Waals surface area contributed by atoms with Crippen LogP contribution >= 0.6 is 0 Å². The first kappa shape index (κ1) is 29.5. The van der Waals surface area contributed by atoms with E-state index in [-0.39, 0.29) is 0 Å². The van der Waals surface area contributed by atoms with E-state index in [2.05, 4.69) is 150 Å². The first-order valence-corrected chi connectivity index (χ1v) is 18.0. The molecule has 2 heterocycles. The second-order valence-corrected chi connectivity index (χ2v) is 13.6. The van der Waals surface area contributed by atoms with Crippen LogP contribution in [0.25, 0.3) is 105 Å². The Morgan fingerprint density at radius 2 is 0.849 bits per heavy atom. The fourth-order valence-electron chi connectivity index (χ4n) is 8.25. The Morgan fingerprint density at radius 1 is 0.302 bits per heavy atom. The average molecular weight is 675 g/mol. The second kappa shape index (κ2) is 11.7. The van der Waals surface area contributed by atoms with Gasteiger partial charge in [-0.2, -0.15) is 0 Å². The lowest BCUT2D eigenvalue weighted by molar-refractivity contribution is 1.07. The summed E-state index contributed by atoms with van der Waals surface area (Å²) in [6, 6.07) is 64.5. The Hall–Kier alpha value is -7.17. The van der Waals surface area contributed by atoms with E-state index < -0.39 is 0 Å². The van der Waals surface area contributed by atoms with Crippen LogP contribution in [0.1, 0.15) is 0 Å². The number of benzene rings is 9. The number of aromatic nitrogens is 4. The third kappa shape index (κ3) is 4.59. The lowest BCUT2D eigenvalue weighted by Gasteiger charge is -2.17. The van der Waals surface area contributed by atoms with Gasteiger partial charge in [0.05, 0.1) is 16.7 Å². The topological polar surface area (TPSA) is 43.6 Å². The first-order chi connectivity index (χ1) is 26.3. The molecule has 0 fully saturated rings. The number of hydrogen-bond acceptors (Lipinski definition) is 3. The Bertz CT molecular complexity index is 3160. The maximum Gasteiger partial charge on any atom is 0.164 e. The molecule has 0 aliphatic rings. The van der Waals surface area contributed by atoms with Crippen molar-refractivity contribution >= 4 is 64.9 Å². The van der Waals surface area contributed by atoms with E-state index in [9.17, 15) is 0 Å². The zero-order valence-corrected chi connectivity index (χ0v) is 28.6. The number of para-hydroxylation sites is 1. The minimum absolute atomic E-state index is 0.640. The Balaban J connectivity index is 1.25. The van der Waals surface area contributed by atoms with Crippen molar-refractivity contribution in [2.24, 2.45) is 0 Å². The van der Waals surface area contributed by atoms with Gasteiger partial charge in [-0.15, -0.1) is 0 Å². The summed E-state index contributed by atoms with van der Waals surface area (Å²) in [7, 11) is 0. The van der Waals surface area contributed by atoms with Crippen molar-refractivity contribution < 1.29 is 0 Å². The highest BCUT2D eigenvalue weighted by molar-refractivity contribution is 6.29. The van der Waals surface area contributed by atoms with Gasteiger partial charge in [-0.3, -0.25) is 0 Å². The fourth-order valence-corrected chi connectivity index (χ4v) is 8.25. The Kier molecular flexibility index (Phi) is 6.52. The quantitative estimate of drug-likeness (QED) is 0.175. The van der Waals surface area contributed by atoms with Crippen LogP contribution < -0.4 is 0 Å². The van der Waals surface area contributed by atoms with Gasteiger partial charge in [-0.05, 0) is 62.0 Å². The van der Waals surface area contributed by atoms with Crippen molar-refractivity contribution in [3.05, 3.63) is 182 Å². The van der Waals surface area contributed by atoms with E-state index in [4.69, 9.17) is 15.0 Å². The van der Waals surface area contributed by atoms with Crippen molar-refractivity contribution in [1.82, 2.24) is 19.5 Å². The molecule has 4 heteroatoms. The minimum atomic E-state index is 0.640. The van der Waals surface area contributed by atoms with Crippen molar-refractivity contribution in [3.8, 4) is 39.9 Å². The van der Waals surface area contributed by atoms with E-state index >= 15 is 0 Å². The van der Waals surface area contributed by atoms with Crippen LogP contribution in [0.3, 0.4) is 0 Å². The number of nitrogens with zero attached hydrogens (tertiary/aromatic N) is 4. The standard InChI is InChI=1S/C49H30N4/c1-3-15-32(16-4-1)47-50-48(33-17-5-2-6-18-33)52-49(51-47)34-26-28-38-36-20-9-10-21-37(36)39-23-13-25-43(46(39)41(38)30-34)53-42-24-12-11-22-40(42)45-35-19-8-7-14-31(35)27-29-44(45)53/h1-30H. The van der Waals surface area contributed by atoms with Crippen LogP contribution in [-0.2, 0) is 0 Å². The molecule has 2 aromatic heterocycles. The zero-order chi connectivity index (χ0) is 34.9. The van der Waals surface area contributed by atoms with Crippen LogP contribution in [0.4, 0.5) is 0 Å². The molecule has 0 N–H and O–H groups in total. The predicted molar refractivity (Wildman–Crippen MR) is 220 cm³/mol. The Labute approximate surface area is 305 Å². The molecular formula is C49H30N4. The summed E-state index contributed by atoms with van der Waals surface area (Å²) in [5.41, 5.74) is 6.35. The SMILES string of the molecule is c1ccc(-c2nc(-c3ccccc3)nc(-c3ccc4c5ccccc5c5cccc(-n6c7ccccc7c7c8ccccc8ccc76)c5c4c3)n2)cc1.